The van der Waals surface area contributed by atoms with Gasteiger partial charge in [0.15, 0.2) is 0 Å². The molecule has 0 saturated heterocycles. The van der Waals surface area contributed by atoms with Crippen LogP contribution >= 0.6 is 0 Å². The Balaban J connectivity index is 2.97. The van der Waals surface area contributed by atoms with Crippen molar-refractivity contribution in [3.8, 4) is 0 Å². The van der Waals surface area contributed by atoms with Gasteiger partial charge in [-0.2, -0.15) is 22.5 Å². The van der Waals surface area contributed by atoms with Gasteiger partial charge in [0, 0.05) is 6.04 Å². The summed E-state index contributed by atoms with van der Waals surface area (Å²) in [6.45, 7) is 5.53. The van der Waals surface area contributed by atoms with Crippen LogP contribution in [0.15, 0.2) is 0 Å². The van der Waals surface area contributed by atoms with E-state index in [2.05, 4.69) is 10.3 Å². The van der Waals surface area contributed by atoms with Gasteiger partial charge in [-0.3, -0.25) is 0 Å². The molecule has 1 rings (SSSR count). The fourth-order valence-electron chi connectivity index (χ4n) is 1.63. The fraction of sp³-hybridized carbons (Fsp3) is 0.545. The van der Waals surface area contributed by atoms with Gasteiger partial charge in [0.1, 0.15) is 5.69 Å². The molecule has 17 heavy (non-hydrogen) atoms. The maximum atomic E-state index is 13.2. The highest BCUT2D eigenvalue weighted by Crippen LogP contribution is 2.23. The summed E-state index contributed by atoms with van der Waals surface area (Å²) in [6, 6.07) is -0.305. The predicted octanol–water partition coefficient (Wildman–Crippen LogP) is 3.48. The molecular weight excluding hydrogens is 236 g/mol. The van der Waals surface area contributed by atoms with Crippen molar-refractivity contribution in [3.63, 3.8) is 0 Å². The highest BCUT2D eigenvalue weighted by atomic mass is 19.2. The maximum absolute atomic E-state index is 13.2. The molecule has 1 aromatic heterocycles. The lowest BCUT2D eigenvalue weighted by Gasteiger charge is -2.18. The average molecular weight is 250 g/mol. The summed E-state index contributed by atoms with van der Waals surface area (Å²) >= 11 is 0. The number of hydrogen-bond acceptors (Lipinski definition) is 2. The largest absolute Gasteiger partial charge is 0.378 e. The van der Waals surface area contributed by atoms with Crippen LogP contribution in [-0.4, -0.2) is 11.0 Å². The summed E-state index contributed by atoms with van der Waals surface area (Å²) in [7, 11) is 0. The molecule has 96 valence electrons. The van der Waals surface area contributed by atoms with Crippen molar-refractivity contribution in [3.05, 3.63) is 23.5 Å². The molecule has 0 radical (unpaired) electrons. The van der Waals surface area contributed by atoms with E-state index in [1.807, 2.05) is 13.8 Å². The smallest absolute Gasteiger partial charge is 0.253 e. The first-order valence-corrected chi connectivity index (χ1v) is 5.29. The number of pyridine rings is 1. The molecule has 1 aromatic rings. The Morgan fingerprint density at radius 1 is 1.00 bits per heavy atom. The van der Waals surface area contributed by atoms with Gasteiger partial charge in [0.2, 0.25) is 11.6 Å². The first kappa shape index (κ1) is 13.7. The Hall–Kier alpha value is -1.33. The number of halogens is 4. The summed E-state index contributed by atoms with van der Waals surface area (Å²) in [6.07, 6.45) is 0.616. The minimum Gasteiger partial charge on any atom is -0.378 e. The molecule has 1 N–H and O–H groups in total. The molecular formula is C11H14F4N2. The first-order valence-electron chi connectivity index (χ1n) is 5.29. The third-order valence-corrected chi connectivity index (χ3v) is 2.21. The molecule has 0 spiro atoms. The molecule has 0 unspecified atom stereocenters. The molecule has 6 heteroatoms. The Morgan fingerprint density at radius 3 is 1.88 bits per heavy atom. The molecule has 0 aromatic carbocycles. The van der Waals surface area contributed by atoms with Crippen LogP contribution < -0.4 is 5.32 Å². The van der Waals surface area contributed by atoms with Crippen molar-refractivity contribution < 1.29 is 17.6 Å². The van der Waals surface area contributed by atoms with Gasteiger partial charge < -0.3 is 5.32 Å². The zero-order chi connectivity index (χ0) is 13.2. The molecule has 1 heterocycles. The lowest BCUT2D eigenvalue weighted by Crippen LogP contribution is -2.20. The predicted molar refractivity (Wildman–Crippen MR) is 56.6 cm³/mol. The Morgan fingerprint density at radius 2 is 1.47 bits per heavy atom. The van der Waals surface area contributed by atoms with Gasteiger partial charge >= 0.3 is 0 Å². The van der Waals surface area contributed by atoms with Gasteiger partial charge in [0.05, 0.1) is 0 Å². The maximum Gasteiger partial charge on any atom is 0.253 e. The van der Waals surface area contributed by atoms with E-state index in [0.29, 0.717) is 12.3 Å². The number of nitrogens with zero attached hydrogens (tertiary/aromatic N) is 1. The second kappa shape index (κ2) is 5.33. The lowest BCUT2D eigenvalue weighted by atomic mass is 10.1. The lowest BCUT2D eigenvalue weighted by molar-refractivity contribution is 0.408. The van der Waals surface area contributed by atoms with Crippen LogP contribution in [-0.2, 0) is 0 Å². The quantitative estimate of drug-likeness (QED) is 0.653. The van der Waals surface area contributed by atoms with Gasteiger partial charge in [-0.15, -0.1) is 0 Å². The molecule has 0 aliphatic carbocycles. The molecule has 1 atom stereocenters. The Kier molecular flexibility index (Phi) is 4.31. The number of anilines is 1. The van der Waals surface area contributed by atoms with E-state index in [4.69, 9.17) is 0 Å². The highest BCUT2D eigenvalue weighted by Gasteiger charge is 2.21. The van der Waals surface area contributed by atoms with Gasteiger partial charge in [-0.05, 0) is 19.3 Å². The summed E-state index contributed by atoms with van der Waals surface area (Å²) in [5.74, 6) is -6.01. The van der Waals surface area contributed by atoms with E-state index in [1.54, 1.807) is 6.92 Å². The van der Waals surface area contributed by atoms with Crippen molar-refractivity contribution in [2.45, 2.75) is 33.2 Å². The average Bonchev–Trinajstić information content (AvgIpc) is 2.20. The Labute approximate surface area is 97.1 Å². The topological polar surface area (TPSA) is 24.9 Å². The summed E-state index contributed by atoms with van der Waals surface area (Å²) in [5.41, 5.74) is -0.803. The minimum atomic E-state index is -1.65. The van der Waals surface area contributed by atoms with E-state index in [9.17, 15) is 17.6 Å². The van der Waals surface area contributed by atoms with Gasteiger partial charge in [-0.1, -0.05) is 13.8 Å². The van der Waals surface area contributed by atoms with Gasteiger partial charge in [-0.25, -0.2) is 0 Å². The molecule has 0 bridgehead atoms. The summed E-state index contributed by atoms with van der Waals surface area (Å²) < 4.78 is 52.1. The van der Waals surface area contributed by atoms with Crippen molar-refractivity contribution in [1.82, 2.24) is 4.98 Å². The van der Waals surface area contributed by atoms with Crippen molar-refractivity contribution in [2.24, 2.45) is 5.92 Å². The molecule has 0 aliphatic rings. The fourth-order valence-corrected chi connectivity index (χ4v) is 1.63. The molecule has 2 nitrogen and oxygen atoms in total. The normalized spacial score (nSPS) is 12.9. The summed E-state index contributed by atoms with van der Waals surface area (Å²) in [5, 5.41) is 2.42. The highest BCUT2D eigenvalue weighted by molar-refractivity contribution is 5.46. The zero-order valence-corrected chi connectivity index (χ0v) is 9.82. The molecule has 0 fully saturated rings. The minimum absolute atomic E-state index is 0.292. The van der Waals surface area contributed by atoms with Crippen LogP contribution in [0.4, 0.5) is 23.2 Å². The van der Waals surface area contributed by atoms with Crippen LogP contribution in [0.3, 0.4) is 0 Å². The zero-order valence-electron chi connectivity index (χ0n) is 9.82. The summed E-state index contributed by atoms with van der Waals surface area (Å²) in [4.78, 5) is 2.48. The van der Waals surface area contributed by atoms with Crippen molar-refractivity contribution in [2.75, 3.05) is 5.32 Å². The number of aromatic nitrogens is 1. The number of rotatable bonds is 4. The molecule has 0 aliphatic heterocycles. The van der Waals surface area contributed by atoms with Crippen LogP contribution in [0.1, 0.15) is 27.2 Å². The van der Waals surface area contributed by atoms with Crippen molar-refractivity contribution in [1.29, 1.82) is 0 Å². The van der Waals surface area contributed by atoms with Crippen LogP contribution in [0.5, 0.6) is 0 Å². The van der Waals surface area contributed by atoms with E-state index in [-0.39, 0.29) is 6.04 Å². The molecule has 0 saturated carbocycles. The third kappa shape index (κ3) is 3.31. The third-order valence-electron chi connectivity index (χ3n) is 2.21. The monoisotopic (exact) mass is 250 g/mol. The van der Waals surface area contributed by atoms with Crippen LogP contribution in [0.25, 0.3) is 0 Å². The van der Waals surface area contributed by atoms with E-state index < -0.39 is 29.2 Å². The van der Waals surface area contributed by atoms with Gasteiger partial charge in [0.25, 0.3) is 11.9 Å². The van der Waals surface area contributed by atoms with Crippen LogP contribution in [0, 0.1) is 29.4 Å². The first-order chi connectivity index (χ1) is 7.82. The second-order valence-electron chi connectivity index (χ2n) is 4.37. The van der Waals surface area contributed by atoms with Crippen LogP contribution in [0.2, 0.25) is 0 Å². The number of hydrogen-bond donors (Lipinski definition) is 1. The Bertz CT molecular complexity index is 381. The van der Waals surface area contributed by atoms with E-state index in [0.717, 1.165) is 0 Å². The molecule has 0 amide bonds. The standard InChI is InChI=1S/C11H14F4N2/c1-5(2)4-6(3)16-9-7(12)10(14)17-11(15)8(9)13/h5-6H,4H2,1-3H3,(H,16,17)/t6-/m0/s1. The van der Waals surface area contributed by atoms with Crippen molar-refractivity contribution >= 4 is 5.69 Å². The SMILES string of the molecule is CC(C)C[C@H](C)Nc1c(F)c(F)nc(F)c1F. The van der Waals surface area contributed by atoms with E-state index in [1.165, 1.54) is 0 Å². The second-order valence-corrected chi connectivity index (χ2v) is 4.37. The van der Waals surface area contributed by atoms with E-state index >= 15 is 0 Å². The number of nitrogens with one attached hydrogen (secondary N) is 1.